The van der Waals surface area contributed by atoms with Gasteiger partial charge in [-0.2, -0.15) is 0 Å². The lowest BCUT2D eigenvalue weighted by Gasteiger charge is -2.18. The van der Waals surface area contributed by atoms with Crippen LogP contribution >= 0.6 is 0 Å². The van der Waals surface area contributed by atoms with Crippen molar-refractivity contribution in [1.82, 2.24) is 14.9 Å². The van der Waals surface area contributed by atoms with Crippen molar-refractivity contribution >= 4 is 10.9 Å². The van der Waals surface area contributed by atoms with E-state index in [1.54, 1.807) is 0 Å². The van der Waals surface area contributed by atoms with E-state index in [2.05, 4.69) is 34.1 Å². The van der Waals surface area contributed by atoms with Gasteiger partial charge in [-0.3, -0.25) is 4.90 Å². The van der Waals surface area contributed by atoms with Crippen molar-refractivity contribution in [2.24, 2.45) is 0 Å². The summed E-state index contributed by atoms with van der Waals surface area (Å²) in [6.07, 6.45) is 3.77. The number of hydrogen-bond donors (Lipinski definition) is 0. The minimum Gasteiger partial charge on any atom is -0.289 e. The summed E-state index contributed by atoms with van der Waals surface area (Å²) in [5, 5.41) is 1.12. The first-order valence-electron chi connectivity index (χ1n) is 6.41. The summed E-state index contributed by atoms with van der Waals surface area (Å²) < 4.78 is 0. The van der Waals surface area contributed by atoms with Gasteiger partial charge < -0.3 is 0 Å². The Morgan fingerprint density at radius 1 is 1.11 bits per heavy atom. The van der Waals surface area contributed by atoms with Crippen LogP contribution in [0.1, 0.15) is 11.5 Å². The predicted octanol–water partition coefficient (Wildman–Crippen LogP) is 3.11. The Labute approximate surface area is 114 Å². The molecular formula is C16H19N3. The highest BCUT2D eigenvalue weighted by Crippen LogP contribution is 2.15. The molecule has 0 fully saturated rings. The molecule has 19 heavy (non-hydrogen) atoms. The van der Waals surface area contributed by atoms with Crippen LogP contribution in [0, 0.1) is 6.92 Å². The maximum atomic E-state index is 4.62. The van der Waals surface area contributed by atoms with E-state index in [4.69, 9.17) is 0 Å². The average Bonchev–Trinajstić information content (AvgIpc) is 2.39. The van der Waals surface area contributed by atoms with Gasteiger partial charge >= 0.3 is 0 Å². The summed E-state index contributed by atoms with van der Waals surface area (Å²) in [7, 11) is 0. The maximum Gasteiger partial charge on any atom is 0.143 e. The molecule has 0 aliphatic rings. The molecule has 0 radical (unpaired) electrons. The van der Waals surface area contributed by atoms with Crippen LogP contribution in [0.2, 0.25) is 0 Å². The van der Waals surface area contributed by atoms with Crippen molar-refractivity contribution in [3.63, 3.8) is 0 Å². The lowest BCUT2D eigenvalue weighted by Crippen LogP contribution is -2.24. The van der Waals surface area contributed by atoms with Crippen LogP contribution in [0.3, 0.4) is 0 Å². The van der Waals surface area contributed by atoms with E-state index in [9.17, 15) is 0 Å². The summed E-state index contributed by atoms with van der Waals surface area (Å²) >= 11 is 0. The van der Waals surface area contributed by atoms with E-state index >= 15 is 0 Å². The number of benzene rings is 1. The van der Waals surface area contributed by atoms with Crippen molar-refractivity contribution < 1.29 is 0 Å². The molecule has 1 aromatic carbocycles. The Hall–Kier alpha value is -2.00. The molecule has 0 atom stereocenters. The second kappa shape index (κ2) is 6.25. The first-order chi connectivity index (χ1) is 9.24. The molecule has 0 saturated carbocycles. The third-order valence-electron chi connectivity index (χ3n) is 2.98. The Balaban J connectivity index is 2.29. The SMILES string of the molecule is C=CCN(CC=C)Cc1nc(C)c2ccccc2n1. The standard InChI is InChI=1S/C16H19N3/c1-4-10-19(11-5-2)12-16-17-13(3)14-8-6-7-9-15(14)18-16/h4-9H,1-2,10-12H2,3H3. The van der Waals surface area contributed by atoms with Gasteiger partial charge in [0.2, 0.25) is 0 Å². The fourth-order valence-corrected chi connectivity index (χ4v) is 2.13. The molecule has 0 aliphatic heterocycles. The van der Waals surface area contributed by atoms with Gasteiger partial charge in [0.1, 0.15) is 5.82 Å². The van der Waals surface area contributed by atoms with Gasteiger partial charge in [-0.05, 0) is 13.0 Å². The van der Waals surface area contributed by atoms with Crippen LogP contribution in [-0.2, 0) is 6.54 Å². The van der Waals surface area contributed by atoms with Gasteiger partial charge in [-0.25, -0.2) is 9.97 Å². The highest BCUT2D eigenvalue weighted by molar-refractivity contribution is 5.80. The zero-order valence-electron chi connectivity index (χ0n) is 11.3. The van der Waals surface area contributed by atoms with Crippen molar-refractivity contribution in [2.75, 3.05) is 13.1 Å². The number of aromatic nitrogens is 2. The Bertz CT molecular complexity index is 580. The smallest absolute Gasteiger partial charge is 0.143 e. The molecule has 98 valence electrons. The molecule has 0 saturated heterocycles. The first kappa shape index (κ1) is 13.4. The molecule has 1 heterocycles. The van der Waals surface area contributed by atoms with Crippen LogP contribution in [0.5, 0.6) is 0 Å². The molecule has 0 N–H and O–H groups in total. The molecule has 1 aromatic heterocycles. The molecule has 0 bridgehead atoms. The number of hydrogen-bond acceptors (Lipinski definition) is 3. The van der Waals surface area contributed by atoms with Crippen molar-refractivity contribution in [3.8, 4) is 0 Å². The molecule has 2 rings (SSSR count). The molecule has 3 heteroatoms. The number of para-hydroxylation sites is 1. The van der Waals surface area contributed by atoms with Crippen LogP contribution in [0.25, 0.3) is 10.9 Å². The van der Waals surface area contributed by atoms with Crippen LogP contribution in [0.4, 0.5) is 0 Å². The van der Waals surface area contributed by atoms with E-state index < -0.39 is 0 Å². The fraction of sp³-hybridized carbons (Fsp3) is 0.250. The monoisotopic (exact) mass is 253 g/mol. The summed E-state index contributed by atoms with van der Waals surface area (Å²) in [5.74, 6) is 0.847. The number of rotatable bonds is 6. The van der Waals surface area contributed by atoms with Gasteiger partial charge in [0.25, 0.3) is 0 Å². The summed E-state index contributed by atoms with van der Waals surface area (Å²) in [6.45, 7) is 11.9. The third-order valence-corrected chi connectivity index (χ3v) is 2.98. The zero-order valence-corrected chi connectivity index (χ0v) is 11.3. The summed E-state index contributed by atoms with van der Waals surface area (Å²) in [4.78, 5) is 11.4. The van der Waals surface area contributed by atoms with Crippen molar-refractivity contribution in [3.05, 3.63) is 61.1 Å². The highest BCUT2D eigenvalue weighted by atomic mass is 15.1. The van der Waals surface area contributed by atoms with Gasteiger partial charge in [-0.15, -0.1) is 13.2 Å². The van der Waals surface area contributed by atoms with Crippen molar-refractivity contribution in [1.29, 1.82) is 0 Å². The fourth-order valence-electron chi connectivity index (χ4n) is 2.13. The van der Waals surface area contributed by atoms with E-state index in [1.165, 1.54) is 0 Å². The largest absolute Gasteiger partial charge is 0.289 e. The number of fused-ring (bicyclic) bond motifs is 1. The van der Waals surface area contributed by atoms with Crippen LogP contribution in [0.15, 0.2) is 49.6 Å². The highest BCUT2D eigenvalue weighted by Gasteiger charge is 2.07. The lowest BCUT2D eigenvalue weighted by molar-refractivity contribution is 0.319. The minimum atomic E-state index is 0.712. The average molecular weight is 253 g/mol. The van der Waals surface area contributed by atoms with Crippen LogP contribution < -0.4 is 0 Å². The second-order valence-corrected chi connectivity index (χ2v) is 4.51. The number of nitrogens with zero attached hydrogens (tertiary/aromatic N) is 3. The third kappa shape index (κ3) is 3.26. The van der Waals surface area contributed by atoms with Crippen molar-refractivity contribution in [2.45, 2.75) is 13.5 Å². The quantitative estimate of drug-likeness (QED) is 0.741. The van der Waals surface area contributed by atoms with E-state index in [0.717, 1.165) is 35.5 Å². The molecule has 3 nitrogen and oxygen atoms in total. The predicted molar refractivity (Wildman–Crippen MR) is 79.9 cm³/mol. The normalized spacial score (nSPS) is 10.8. The second-order valence-electron chi connectivity index (χ2n) is 4.51. The lowest BCUT2D eigenvalue weighted by atomic mass is 10.2. The Morgan fingerprint density at radius 3 is 2.47 bits per heavy atom. The molecular weight excluding hydrogens is 234 g/mol. The molecule has 0 aliphatic carbocycles. The van der Waals surface area contributed by atoms with Gasteiger partial charge in [0, 0.05) is 24.2 Å². The Kier molecular flexibility index (Phi) is 4.42. The van der Waals surface area contributed by atoms with Gasteiger partial charge in [0.15, 0.2) is 0 Å². The minimum absolute atomic E-state index is 0.712. The summed E-state index contributed by atoms with van der Waals surface area (Å²) in [6, 6.07) is 8.10. The van der Waals surface area contributed by atoms with E-state index in [-0.39, 0.29) is 0 Å². The van der Waals surface area contributed by atoms with E-state index in [1.807, 2.05) is 37.3 Å². The molecule has 2 aromatic rings. The topological polar surface area (TPSA) is 29.0 Å². The molecule has 0 amide bonds. The van der Waals surface area contributed by atoms with Crippen LogP contribution in [-0.4, -0.2) is 28.0 Å². The Morgan fingerprint density at radius 2 is 1.79 bits per heavy atom. The van der Waals surface area contributed by atoms with E-state index in [0.29, 0.717) is 6.54 Å². The maximum absolute atomic E-state index is 4.62. The van der Waals surface area contributed by atoms with Gasteiger partial charge in [-0.1, -0.05) is 30.4 Å². The zero-order chi connectivity index (χ0) is 13.7. The molecule has 0 unspecified atom stereocenters. The van der Waals surface area contributed by atoms with Gasteiger partial charge in [0.05, 0.1) is 12.1 Å². The molecule has 0 spiro atoms. The number of aryl methyl sites for hydroxylation is 1. The summed E-state index contributed by atoms with van der Waals surface area (Å²) in [5.41, 5.74) is 2.03. The first-order valence-corrected chi connectivity index (χ1v) is 6.41.